The summed E-state index contributed by atoms with van der Waals surface area (Å²) >= 11 is 5.99. The summed E-state index contributed by atoms with van der Waals surface area (Å²) in [7, 11) is -1.75. The first-order chi connectivity index (χ1) is 19.1. The third-order valence-corrected chi connectivity index (χ3v) is 9.04. The van der Waals surface area contributed by atoms with Crippen molar-refractivity contribution in [2.45, 2.75) is 55.6 Å². The molecule has 3 aromatic rings. The van der Waals surface area contributed by atoms with E-state index in [1.165, 1.54) is 34.5 Å². The van der Waals surface area contributed by atoms with Crippen LogP contribution in [-0.4, -0.2) is 101 Å². The van der Waals surface area contributed by atoms with Crippen LogP contribution in [0.4, 0.5) is 4.39 Å². The monoisotopic (exact) mass is 599 g/mol. The van der Waals surface area contributed by atoms with E-state index in [1.54, 1.807) is 12.3 Å². The Bertz CT molecular complexity index is 1410. The van der Waals surface area contributed by atoms with Crippen LogP contribution in [0.25, 0.3) is 11.3 Å². The second-order valence-corrected chi connectivity index (χ2v) is 12.6. The van der Waals surface area contributed by atoms with E-state index in [1.807, 2.05) is 6.07 Å². The fourth-order valence-corrected chi connectivity index (χ4v) is 6.58. The summed E-state index contributed by atoms with van der Waals surface area (Å²) in [5.74, 6) is 0.179. The van der Waals surface area contributed by atoms with Gasteiger partial charge in [-0.1, -0.05) is 22.0 Å². The van der Waals surface area contributed by atoms with E-state index in [2.05, 4.69) is 15.5 Å². The predicted octanol–water partition coefficient (Wildman–Crippen LogP) is 1.78. The van der Waals surface area contributed by atoms with E-state index in [9.17, 15) is 23.0 Å². The van der Waals surface area contributed by atoms with Crippen LogP contribution < -0.4 is 0 Å². The van der Waals surface area contributed by atoms with Gasteiger partial charge in [0, 0.05) is 49.2 Å². The summed E-state index contributed by atoms with van der Waals surface area (Å²) in [6, 6.07) is 5.05. The number of benzene rings is 1. The Morgan fingerprint density at radius 2 is 1.95 bits per heavy atom. The normalized spacial score (nSPS) is 26.8. The van der Waals surface area contributed by atoms with Gasteiger partial charge in [-0.2, -0.15) is 0 Å². The van der Waals surface area contributed by atoms with Gasteiger partial charge in [-0.15, -0.1) is 5.10 Å². The van der Waals surface area contributed by atoms with E-state index in [0.717, 1.165) is 0 Å². The molecule has 12 nitrogen and oxygen atoms in total. The number of hydrogen-bond donors (Lipinski definition) is 2. The summed E-state index contributed by atoms with van der Waals surface area (Å²) in [5, 5.41) is 33.7. The number of aliphatic hydroxyl groups is 2. The molecule has 2 saturated heterocycles. The first-order valence-corrected chi connectivity index (χ1v) is 15.1. The average molecular weight is 600 g/mol. The van der Waals surface area contributed by atoms with Crippen molar-refractivity contribution in [3.8, 4) is 11.3 Å². The number of halogens is 2. The van der Waals surface area contributed by atoms with Gasteiger partial charge < -0.3 is 24.2 Å². The maximum atomic E-state index is 13.9. The molecule has 2 aliphatic heterocycles. The minimum absolute atomic E-state index is 0.0365. The molecule has 15 heteroatoms. The molecule has 2 aromatic heterocycles. The highest BCUT2D eigenvalue weighted by atomic mass is 35.5. The molecule has 5 rings (SSSR count). The molecule has 2 N–H and O–H groups in total. The van der Waals surface area contributed by atoms with E-state index in [0.29, 0.717) is 48.6 Å². The van der Waals surface area contributed by atoms with Crippen molar-refractivity contribution in [1.29, 1.82) is 0 Å². The van der Waals surface area contributed by atoms with Crippen LogP contribution in [0, 0.1) is 5.82 Å². The topological polar surface area (TPSA) is 153 Å². The van der Waals surface area contributed by atoms with Crippen molar-refractivity contribution >= 4 is 21.6 Å². The van der Waals surface area contributed by atoms with Gasteiger partial charge in [0.05, 0.1) is 30.9 Å². The molecule has 40 heavy (non-hydrogen) atoms. The Balaban J connectivity index is 1.34. The highest BCUT2D eigenvalue weighted by Gasteiger charge is 2.47. The van der Waals surface area contributed by atoms with Gasteiger partial charge in [0.1, 0.15) is 41.6 Å². The van der Waals surface area contributed by atoms with Gasteiger partial charge in [-0.25, -0.2) is 21.8 Å². The number of rotatable bonds is 8. The summed E-state index contributed by atoms with van der Waals surface area (Å²) in [6.07, 6.45) is 0.761. The van der Waals surface area contributed by atoms with Crippen molar-refractivity contribution in [1.82, 2.24) is 24.5 Å². The Hall–Kier alpha value is -2.46. The molecule has 218 valence electrons. The molecule has 0 bridgehead atoms. The third-order valence-electron chi connectivity index (χ3n) is 7.52. The van der Waals surface area contributed by atoms with Crippen molar-refractivity contribution < 1.29 is 37.0 Å². The smallest absolute Gasteiger partial charge is 0.211 e. The molecular weight excluding hydrogens is 569 g/mol. The number of aromatic nitrogens is 4. The van der Waals surface area contributed by atoms with E-state index < -0.39 is 52.9 Å². The first-order valence-electron chi connectivity index (χ1n) is 12.8. The summed E-state index contributed by atoms with van der Waals surface area (Å²) in [4.78, 5) is 0. The molecule has 0 aliphatic carbocycles. The van der Waals surface area contributed by atoms with E-state index >= 15 is 0 Å². The Labute approximate surface area is 235 Å². The lowest BCUT2D eigenvalue weighted by molar-refractivity contribution is -0.212. The van der Waals surface area contributed by atoms with Gasteiger partial charge in [-0.3, -0.25) is 0 Å². The predicted molar refractivity (Wildman–Crippen MR) is 141 cm³/mol. The largest absolute Gasteiger partial charge is 0.394 e. The summed E-state index contributed by atoms with van der Waals surface area (Å²) < 4.78 is 57.8. The van der Waals surface area contributed by atoms with Crippen molar-refractivity contribution in [3.05, 3.63) is 52.8 Å². The minimum Gasteiger partial charge on any atom is -0.394 e. The van der Waals surface area contributed by atoms with Crippen LogP contribution in [0.5, 0.6) is 0 Å². The zero-order valence-electron chi connectivity index (χ0n) is 21.9. The fourth-order valence-electron chi connectivity index (χ4n) is 5.48. The summed E-state index contributed by atoms with van der Waals surface area (Å²) in [5.41, 5.74) is 1.35. The molecule has 0 unspecified atom stereocenters. The van der Waals surface area contributed by atoms with Gasteiger partial charge in [0.2, 0.25) is 10.0 Å². The van der Waals surface area contributed by atoms with E-state index in [-0.39, 0.29) is 17.4 Å². The van der Waals surface area contributed by atoms with Crippen LogP contribution in [0.3, 0.4) is 0 Å². The van der Waals surface area contributed by atoms with Gasteiger partial charge >= 0.3 is 0 Å². The van der Waals surface area contributed by atoms with E-state index in [4.69, 9.17) is 25.6 Å². The number of sulfonamides is 1. The third kappa shape index (κ3) is 6.08. The second kappa shape index (κ2) is 11.8. The molecule has 2 aliphatic rings. The highest BCUT2D eigenvalue weighted by molar-refractivity contribution is 7.88. The maximum Gasteiger partial charge on any atom is 0.211 e. The van der Waals surface area contributed by atoms with Crippen LogP contribution in [0.1, 0.15) is 36.3 Å². The quantitative estimate of drug-likeness (QED) is 0.392. The number of ether oxygens (including phenoxy) is 2. The number of nitrogens with zero attached hydrogens (tertiary/aromatic N) is 5. The maximum absolute atomic E-state index is 13.9. The van der Waals surface area contributed by atoms with Crippen LogP contribution in [0.15, 0.2) is 35.0 Å². The fraction of sp³-hybridized carbons (Fsp3) is 0.560. The van der Waals surface area contributed by atoms with Crippen LogP contribution >= 0.6 is 11.6 Å². The molecule has 0 amide bonds. The Kier molecular flexibility index (Phi) is 8.57. The molecule has 0 saturated carbocycles. The van der Waals surface area contributed by atoms with Gasteiger partial charge in [-0.05, 0) is 31.0 Å². The number of hydrogen-bond acceptors (Lipinski definition) is 10. The minimum atomic E-state index is -3.23. The van der Waals surface area contributed by atoms with Gasteiger partial charge in [0.15, 0.2) is 0 Å². The standard InChI is InChI=1S/C25H31ClFN5O7S/c1-37-25-21(11-18-10-20(39-29-18)14-3-5-31(6-4-14)40(2,35)36)38-22(13-33)24(34)23(25)32-12-19(28-30-32)15-7-16(26)9-17(27)8-15/h7-10,12,14,21-25,33-34H,3-6,11,13H2,1-2H3/t21-,22-,23+,24+,25+/m1/s1. The number of aliphatic hydroxyl groups excluding tert-OH is 2. The van der Waals surface area contributed by atoms with Crippen molar-refractivity contribution in [2.24, 2.45) is 0 Å². The lowest BCUT2D eigenvalue weighted by Crippen LogP contribution is -2.57. The van der Waals surface area contributed by atoms with Crippen LogP contribution in [-0.2, 0) is 25.9 Å². The second-order valence-electron chi connectivity index (χ2n) is 10.2. The Morgan fingerprint density at radius 3 is 2.60 bits per heavy atom. The van der Waals surface area contributed by atoms with Gasteiger partial charge in [0.25, 0.3) is 0 Å². The average Bonchev–Trinajstić information content (AvgIpc) is 3.58. The molecule has 0 spiro atoms. The lowest BCUT2D eigenvalue weighted by atomic mass is 9.90. The number of methoxy groups -OCH3 is 1. The lowest BCUT2D eigenvalue weighted by Gasteiger charge is -2.43. The zero-order valence-corrected chi connectivity index (χ0v) is 23.5. The molecule has 4 heterocycles. The molecule has 1 aromatic carbocycles. The van der Waals surface area contributed by atoms with Crippen molar-refractivity contribution in [2.75, 3.05) is 33.1 Å². The molecular formula is C25H31ClFN5O7S. The molecule has 5 atom stereocenters. The first kappa shape index (κ1) is 29.0. The van der Waals surface area contributed by atoms with Crippen LogP contribution in [0.2, 0.25) is 5.02 Å². The molecule has 0 radical (unpaired) electrons. The SMILES string of the molecule is CO[C@@H]1[C@@H](n2cc(-c3cc(F)cc(Cl)c3)nn2)[C@@H](O)[C@@H](CO)O[C@@H]1Cc1cc(C2CCN(S(C)(=O)=O)CC2)on1. The molecule has 2 fully saturated rings. The number of piperidine rings is 1. The zero-order chi connectivity index (χ0) is 28.6. The highest BCUT2D eigenvalue weighted by Crippen LogP contribution is 2.35. The van der Waals surface area contributed by atoms with Crippen molar-refractivity contribution in [3.63, 3.8) is 0 Å². The Morgan fingerprint density at radius 1 is 1.20 bits per heavy atom. The summed E-state index contributed by atoms with van der Waals surface area (Å²) in [6.45, 7) is 0.377.